The fourth-order valence-electron chi connectivity index (χ4n) is 2.57. The van der Waals surface area contributed by atoms with Crippen molar-refractivity contribution >= 4 is 32.3 Å². The molecule has 0 saturated heterocycles. The largest absolute Gasteiger partial charge is 0.294 e. The van der Waals surface area contributed by atoms with E-state index in [2.05, 4.69) is 62.8 Å². The molecular formula is C17H11BrN2. The Morgan fingerprint density at radius 1 is 0.850 bits per heavy atom. The molecule has 0 aliphatic rings. The summed E-state index contributed by atoms with van der Waals surface area (Å²) in [7, 11) is 0. The molecule has 4 aromatic rings. The maximum atomic E-state index is 4.75. The zero-order valence-electron chi connectivity index (χ0n) is 10.6. The SMILES string of the molecule is Brc1c(-c2cccc3ccccc23)nc2ccccn12. The van der Waals surface area contributed by atoms with Crippen molar-refractivity contribution in [2.75, 3.05) is 0 Å². The van der Waals surface area contributed by atoms with Crippen LogP contribution in [0, 0.1) is 0 Å². The van der Waals surface area contributed by atoms with Crippen LogP contribution in [0.25, 0.3) is 27.7 Å². The zero-order chi connectivity index (χ0) is 13.5. The van der Waals surface area contributed by atoms with Crippen molar-refractivity contribution in [2.24, 2.45) is 0 Å². The van der Waals surface area contributed by atoms with Gasteiger partial charge in [0.1, 0.15) is 15.9 Å². The summed E-state index contributed by atoms with van der Waals surface area (Å²) in [5.74, 6) is 0. The van der Waals surface area contributed by atoms with Gasteiger partial charge in [0, 0.05) is 11.8 Å². The Morgan fingerprint density at radius 3 is 2.55 bits per heavy atom. The van der Waals surface area contributed by atoms with E-state index in [0.717, 1.165) is 21.5 Å². The summed E-state index contributed by atoms with van der Waals surface area (Å²) >= 11 is 3.67. The second-order valence-corrected chi connectivity index (χ2v) is 5.46. The minimum Gasteiger partial charge on any atom is -0.294 e. The molecule has 0 unspecified atom stereocenters. The molecule has 0 bridgehead atoms. The third-order valence-electron chi connectivity index (χ3n) is 3.52. The van der Waals surface area contributed by atoms with Gasteiger partial charge in [-0.2, -0.15) is 0 Å². The summed E-state index contributed by atoms with van der Waals surface area (Å²) in [5.41, 5.74) is 3.08. The van der Waals surface area contributed by atoms with Gasteiger partial charge < -0.3 is 0 Å². The van der Waals surface area contributed by atoms with Gasteiger partial charge in [-0.15, -0.1) is 0 Å². The molecule has 0 spiro atoms. The summed E-state index contributed by atoms with van der Waals surface area (Å²) < 4.78 is 3.04. The van der Waals surface area contributed by atoms with Gasteiger partial charge in [0.2, 0.25) is 0 Å². The number of halogens is 1. The summed E-state index contributed by atoms with van der Waals surface area (Å²) in [4.78, 5) is 4.75. The maximum Gasteiger partial charge on any atom is 0.138 e. The highest BCUT2D eigenvalue weighted by molar-refractivity contribution is 9.10. The molecule has 0 aliphatic carbocycles. The Hall–Kier alpha value is -2.13. The summed E-state index contributed by atoms with van der Waals surface area (Å²) in [6.07, 6.45) is 2.01. The molecule has 0 fully saturated rings. The van der Waals surface area contributed by atoms with Gasteiger partial charge in [-0.05, 0) is 38.8 Å². The number of pyridine rings is 1. The Kier molecular flexibility index (Phi) is 2.60. The molecule has 2 aromatic heterocycles. The maximum absolute atomic E-state index is 4.75. The van der Waals surface area contributed by atoms with E-state index < -0.39 is 0 Å². The number of nitrogens with zero attached hydrogens (tertiary/aromatic N) is 2. The lowest BCUT2D eigenvalue weighted by molar-refractivity contribution is 1.15. The van der Waals surface area contributed by atoms with Crippen LogP contribution in [0.5, 0.6) is 0 Å². The van der Waals surface area contributed by atoms with E-state index in [0.29, 0.717) is 0 Å². The number of hydrogen-bond donors (Lipinski definition) is 0. The Balaban J connectivity index is 2.09. The van der Waals surface area contributed by atoms with Gasteiger partial charge >= 0.3 is 0 Å². The number of rotatable bonds is 1. The van der Waals surface area contributed by atoms with Crippen LogP contribution >= 0.6 is 15.9 Å². The van der Waals surface area contributed by atoms with Crippen LogP contribution in [0.2, 0.25) is 0 Å². The van der Waals surface area contributed by atoms with Gasteiger partial charge in [-0.25, -0.2) is 4.98 Å². The molecule has 2 aromatic carbocycles. The van der Waals surface area contributed by atoms with E-state index in [1.165, 1.54) is 10.8 Å². The Morgan fingerprint density at radius 2 is 1.65 bits per heavy atom. The molecule has 0 amide bonds. The molecule has 96 valence electrons. The number of fused-ring (bicyclic) bond motifs is 2. The minimum atomic E-state index is 0.947. The van der Waals surface area contributed by atoms with Crippen molar-refractivity contribution in [3.8, 4) is 11.3 Å². The quantitative estimate of drug-likeness (QED) is 0.486. The fourth-order valence-corrected chi connectivity index (χ4v) is 3.17. The van der Waals surface area contributed by atoms with Crippen molar-refractivity contribution in [1.82, 2.24) is 9.38 Å². The van der Waals surface area contributed by atoms with Crippen LogP contribution in [-0.2, 0) is 0 Å². The molecule has 0 radical (unpaired) electrons. The third kappa shape index (κ3) is 1.67. The molecule has 2 heterocycles. The highest BCUT2D eigenvalue weighted by Gasteiger charge is 2.13. The van der Waals surface area contributed by atoms with Gasteiger partial charge in [-0.3, -0.25) is 4.40 Å². The van der Waals surface area contributed by atoms with E-state index in [9.17, 15) is 0 Å². The van der Waals surface area contributed by atoms with Crippen molar-refractivity contribution < 1.29 is 0 Å². The molecule has 0 aliphatic heterocycles. The Labute approximate surface area is 124 Å². The third-order valence-corrected chi connectivity index (χ3v) is 4.27. The lowest BCUT2D eigenvalue weighted by Gasteiger charge is -2.04. The molecule has 3 heteroatoms. The predicted octanol–water partition coefficient (Wildman–Crippen LogP) is 4.92. The molecule has 0 N–H and O–H groups in total. The van der Waals surface area contributed by atoms with Gasteiger partial charge in [0.15, 0.2) is 0 Å². The van der Waals surface area contributed by atoms with E-state index in [-0.39, 0.29) is 0 Å². The van der Waals surface area contributed by atoms with Crippen molar-refractivity contribution in [3.05, 3.63) is 71.5 Å². The standard InChI is InChI=1S/C17H11BrN2/c18-17-16(19-15-10-3-4-11-20(15)17)14-9-5-7-12-6-1-2-8-13(12)14/h1-11H. The second kappa shape index (κ2) is 4.46. The predicted molar refractivity (Wildman–Crippen MR) is 85.8 cm³/mol. The number of benzene rings is 2. The van der Waals surface area contributed by atoms with Gasteiger partial charge in [-0.1, -0.05) is 48.5 Å². The normalized spacial score (nSPS) is 11.2. The number of aromatic nitrogens is 2. The fraction of sp³-hybridized carbons (Fsp3) is 0. The lowest BCUT2D eigenvalue weighted by atomic mass is 10.0. The minimum absolute atomic E-state index is 0.947. The molecule has 20 heavy (non-hydrogen) atoms. The first kappa shape index (κ1) is 11.7. The first-order chi connectivity index (χ1) is 9.84. The van der Waals surface area contributed by atoms with E-state index in [1.54, 1.807) is 0 Å². The zero-order valence-corrected chi connectivity index (χ0v) is 12.2. The first-order valence-electron chi connectivity index (χ1n) is 6.45. The van der Waals surface area contributed by atoms with E-state index in [4.69, 9.17) is 4.98 Å². The summed E-state index contributed by atoms with van der Waals surface area (Å²) in [5, 5.41) is 2.45. The molecule has 2 nitrogen and oxygen atoms in total. The van der Waals surface area contributed by atoms with E-state index in [1.807, 2.05) is 24.4 Å². The van der Waals surface area contributed by atoms with Crippen LogP contribution in [0.15, 0.2) is 71.5 Å². The molecule has 0 saturated carbocycles. The van der Waals surface area contributed by atoms with Crippen LogP contribution < -0.4 is 0 Å². The average Bonchev–Trinajstić information content (AvgIpc) is 2.84. The molecule has 0 atom stereocenters. The first-order valence-corrected chi connectivity index (χ1v) is 7.24. The number of hydrogen-bond acceptors (Lipinski definition) is 1. The Bertz CT molecular complexity index is 919. The average molecular weight is 323 g/mol. The summed E-state index contributed by atoms with van der Waals surface area (Å²) in [6.45, 7) is 0. The van der Waals surface area contributed by atoms with Gasteiger partial charge in [0.25, 0.3) is 0 Å². The second-order valence-electron chi connectivity index (χ2n) is 4.71. The van der Waals surface area contributed by atoms with Crippen molar-refractivity contribution in [1.29, 1.82) is 0 Å². The van der Waals surface area contributed by atoms with Crippen molar-refractivity contribution in [3.63, 3.8) is 0 Å². The van der Waals surface area contributed by atoms with Crippen LogP contribution in [0.4, 0.5) is 0 Å². The monoisotopic (exact) mass is 322 g/mol. The molecule has 4 rings (SSSR count). The highest BCUT2D eigenvalue weighted by atomic mass is 79.9. The van der Waals surface area contributed by atoms with Crippen LogP contribution in [0.1, 0.15) is 0 Å². The lowest BCUT2D eigenvalue weighted by Crippen LogP contribution is -1.83. The smallest absolute Gasteiger partial charge is 0.138 e. The van der Waals surface area contributed by atoms with Crippen molar-refractivity contribution in [2.45, 2.75) is 0 Å². The van der Waals surface area contributed by atoms with E-state index >= 15 is 0 Å². The highest BCUT2D eigenvalue weighted by Crippen LogP contribution is 2.33. The van der Waals surface area contributed by atoms with Crippen LogP contribution in [-0.4, -0.2) is 9.38 Å². The van der Waals surface area contributed by atoms with Gasteiger partial charge in [0.05, 0.1) is 0 Å². The number of imidazole rings is 1. The summed E-state index contributed by atoms with van der Waals surface area (Å²) in [6, 6.07) is 20.7. The van der Waals surface area contributed by atoms with Crippen LogP contribution in [0.3, 0.4) is 0 Å². The molecular weight excluding hydrogens is 312 g/mol. The topological polar surface area (TPSA) is 17.3 Å².